The molecule has 86 valence electrons. The van der Waals surface area contributed by atoms with Crippen molar-refractivity contribution in [2.24, 2.45) is 5.92 Å². The first-order chi connectivity index (χ1) is 7.34. The Morgan fingerprint density at radius 3 is 2.67 bits per heavy atom. The summed E-state index contributed by atoms with van der Waals surface area (Å²) in [5.41, 5.74) is 0. The Balaban J connectivity index is 1.59. The van der Waals surface area contributed by atoms with Crippen LogP contribution in [0.15, 0.2) is 0 Å². The molecule has 1 saturated carbocycles. The molecule has 0 spiro atoms. The summed E-state index contributed by atoms with van der Waals surface area (Å²) in [7, 11) is 0. The van der Waals surface area contributed by atoms with Crippen LogP contribution in [0.3, 0.4) is 0 Å². The van der Waals surface area contributed by atoms with Crippen molar-refractivity contribution in [2.75, 3.05) is 13.1 Å². The van der Waals surface area contributed by atoms with Crippen molar-refractivity contribution in [2.45, 2.75) is 51.0 Å². The van der Waals surface area contributed by atoms with Gasteiger partial charge in [-0.15, -0.1) is 0 Å². The molecule has 2 rings (SSSR count). The molecule has 2 N–H and O–H groups in total. The third-order valence-corrected chi connectivity index (χ3v) is 3.66. The van der Waals surface area contributed by atoms with Gasteiger partial charge in [0.05, 0.1) is 0 Å². The molecule has 0 aromatic heterocycles. The molecule has 0 bridgehead atoms. The van der Waals surface area contributed by atoms with Gasteiger partial charge in [-0.05, 0) is 38.1 Å². The lowest BCUT2D eigenvalue weighted by molar-refractivity contribution is -0.121. The lowest BCUT2D eigenvalue weighted by Crippen LogP contribution is -2.34. The van der Waals surface area contributed by atoms with Crippen molar-refractivity contribution in [3.63, 3.8) is 0 Å². The van der Waals surface area contributed by atoms with Crippen LogP contribution in [0.25, 0.3) is 0 Å². The molecule has 0 aromatic rings. The van der Waals surface area contributed by atoms with Crippen LogP contribution in [0.5, 0.6) is 0 Å². The molecule has 2 fully saturated rings. The molecule has 1 atom stereocenters. The molecular formula is C12H22N2O. The van der Waals surface area contributed by atoms with Gasteiger partial charge in [-0.3, -0.25) is 4.79 Å². The topological polar surface area (TPSA) is 41.1 Å². The standard InChI is InChI=1S/C12H22N2O/c15-12(8-11-6-3-7-13-11)14-9-10-4-1-2-5-10/h10-11,13H,1-9H2,(H,14,15). The Kier molecular flexibility index (Phi) is 4.01. The van der Waals surface area contributed by atoms with Crippen LogP contribution >= 0.6 is 0 Å². The lowest BCUT2D eigenvalue weighted by atomic mass is 10.1. The smallest absolute Gasteiger partial charge is 0.221 e. The van der Waals surface area contributed by atoms with Crippen molar-refractivity contribution >= 4 is 5.91 Å². The predicted molar refractivity (Wildman–Crippen MR) is 60.6 cm³/mol. The summed E-state index contributed by atoms with van der Waals surface area (Å²) in [6.45, 7) is 1.99. The number of nitrogens with one attached hydrogen (secondary N) is 2. The largest absolute Gasteiger partial charge is 0.356 e. The first-order valence-corrected chi connectivity index (χ1v) is 6.34. The van der Waals surface area contributed by atoms with Crippen molar-refractivity contribution in [1.29, 1.82) is 0 Å². The summed E-state index contributed by atoms with van der Waals surface area (Å²) in [6.07, 6.45) is 8.38. The number of hydrogen-bond acceptors (Lipinski definition) is 2. The fraction of sp³-hybridized carbons (Fsp3) is 0.917. The first kappa shape index (κ1) is 10.9. The average Bonchev–Trinajstić information content (AvgIpc) is 2.86. The maximum Gasteiger partial charge on any atom is 0.221 e. The average molecular weight is 210 g/mol. The minimum absolute atomic E-state index is 0.237. The fourth-order valence-electron chi connectivity index (χ4n) is 2.70. The molecule has 15 heavy (non-hydrogen) atoms. The third-order valence-electron chi connectivity index (χ3n) is 3.66. The van der Waals surface area contributed by atoms with E-state index in [1.807, 2.05) is 0 Å². The van der Waals surface area contributed by atoms with Gasteiger partial charge in [0.2, 0.25) is 5.91 Å². The zero-order chi connectivity index (χ0) is 10.5. The van der Waals surface area contributed by atoms with E-state index in [4.69, 9.17) is 0 Å². The highest BCUT2D eigenvalue weighted by Crippen LogP contribution is 2.23. The molecule has 3 heteroatoms. The molecule has 1 aliphatic heterocycles. The highest BCUT2D eigenvalue weighted by molar-refractivity contribution is 5.76. The minimum atomic E-state index is 0.237. The number of hydrogen-bond donors (Lipinski definition) is 2. The fourth-order valence-corrected chi connectivity index (χ4v) is 2.70. The van der Waals surface area contributed by atoms with Crippen LogP contribution in [0.1, 0.15) is 44.9 Å². The molecule has 1 amide bonds. The van der Waals surface area contributed by atoms with Crippen LogP contribution in [-0.4, -0.2) is 25.0 Å². The number of carbonyl (C=O) groups is 1. The normalized spacial score (nSPS) is 27.1. The second-order valence-electron chi connectivity index (χ2n) is 4.95. The van der Waals surface area contributed by atoms with E-state index in [2.05, 4.69) is 10.6 Å². The van der Waals surface area contributed by atoms with Crippen molar-refractivity contribution in [3.05, 3.63) is 0 Å². The second kappa shape index (κ2) is 5.50. The monoisotopic (exact) mass is 210 g/mol. The van der Waals surface area contributed by atoms with Gasteiger partial charge >= 0.3 is 0 Å². The van der Waals surface area contributed by atoms with Crippen molar-refractivity contribution in [1.82, 2.24) is 10.6 Å². The van der Waals surface area contributed by atoms with E-state index in [0.717, 1.165) is 25.4 Å². The van der Waals surface area contributed by atoms with E-state index in [1.165, 1.54) is 32.1 Å². The van der Waals surface area contributed by atoms with E-state index in [1.54, 1.807) is 0 Å². The Bertz CT molecular complexity index is 206. The molecule has 1 heterocycles. The Morgan fingerprint density at radius 1 is 1.20 bits per heavy atom. The molecule has 3 nitrogen and oxygen atoms in total. The van der Waals surface area contributed by atoms with E-state index >= 15 is 0 Å². The third kappa shape index (κ3) is 3.49. The minimum Gasteiger partial charge on any atom is -0.356 e. The van der Waals surface area contributed by atoms with Gasteiger partial charge in [0.1, 0.15) is 0 Å². The van der Waals surface area contributed by atoms with Gasteiger partial charge < -0.3 is 10.6 Å². The van der Waals surface area contributed by atoms with E-state index < -0.39 is 0 Å². The molecule has 2 aliphatic rings. The zero-order valence-corrected chi connectivity index (χ0v) is 9.43. The summed E-state index contributed by atoms with van der Waals surface area (Å²) in [5, 5.41) is 6.43. The highest BCUT2D eigenvalue weighted by Gasteiger charge is 2.19. The van der Waals surface area contributed by atoms with Gasteiger partial charge in [0.25, 0.3) is 0 Å². The van der Waals surface area contributed by atoms with Crippen LogP contribution in [0.4, 0.5) is 0 Å². The highest BCUT2D eigenvalue weighted by atomic mass is 16.1. The first-order valence-electron chi connectivity index (χ1n) is 6.34. The Labute approximate surface area is 92.0 Å². The molecule has 0 radical (unpaired) electrons. The quantitative estimate of drug-likeness (QED) is 0.737. The SMILES string of the molecule is O=C(CC1CCCN1)NCC1CCCC1. The summed E-state index contributed by atoms with van der Waals surface area (Å²) in [5.74, 6) is 0.992. The van der Waals surface area contributed by atoms with Gasteiger partial charge in [0, 0.05) is 19.0 Å². The van der Waals surface area contributed by atoms with Crippen LogP contribution in [0.2, 0.25) is 0 Å². The maximum atomic E-state index is 11.6. The van der Waals surface area contributed by atoms with Crippen LogP contribution in [-0.2, 0) is 4.79 Å². The molecule has 1 aliphatic carbocycles. The van der Waals surface area contributed by atoms with Gasteiger partial charge in [0.15, 0.2) is 0 Å². The number of rotatable bonds is 4. The molecular weight excluding hydrogens is 188 g/mol. The van der Waals surface area contributed by atoms with Crippen LogP contribution in [0, 0.1) is 5.92 Å². The Morgan fingerprint density at radius 2 is 2.00 bits per heavy atom. The lowest BCUT2D eigenvalue weighted by Gasteiger charge is -2.13. The summed E-state index contributed by atoms with van der Waals surface area (Å²) in [6, 6.07) is 0.438. The van der Waals surface area contributed by atoms with E-state index in [-0.39, 0.29) is 5.91 Å². The predicted octanol–water partition coefficient (Wildman–Crippen LogP) is 1.43. The summed E-state index contributed by atoms with van der Waals surface area (Å²) in [4.78, 5) is 11.6. The van der Waals surface area contributed by atoms with E-state index in [0.29, 0.717) is 12.5 Å². The second-order valence-corrected chi connectivity index (χ2v) is 4.95. The van der Waals surface area contributed by atoms with Crippen LogP contribution < -0.4 is 10.6 Å². The molecule has 1 saturated heterocycles. The number of carbonyl (C=O) groups excluding carboxylic acids is 1. The summed E-state index contributed by atoms with van der Waals surface area (Å²) < 4.78 is 0. The van der Waals surface area contributed by atoms with Gasteiger partial charge in [-0.25, -0.2) is 0 Å². The summed E-state index contributed by atoms with van der Waals surface area (Å²) >= 11 is 0. The van der Waals surface area contributed by atoms with Crippen molar-refractivity contribution in [3.8, 4) is 0 Å². The van der Waals surface area contributed by atoms with Gasteiger partial charge in [-0.1, -0.05) is 12.8 Å². The van der Waals surface area contributed by atoms with Crippen molar-refractivity contribution < 1.29 is 4.79 Å². The molecule has 1 unspecified atom stereocenters. The maximum absolute atomic E-state index is 11.6. The van der Waals surface area contributed by atoms with Gasteiger partial charge in [-0.2, -0.15) is 0 Å². The number of amides is 1. The zero-order valence-electron chi connectivity index (χ0n) is 9.43. The molecule has 0 aromatic carbocycles. The Hall–Kier alpha value is -0.570. The van der Waals surface area contributed by atoms with E-state index in [9.17, 15) is 4.79 Å².